The van der Waals surface area contributed by atoms with Gasteiger partial charge in [-0.15, -0.1) is 0 Å². The number of nitrogens with one attached hydrogen (secondary N) is 1. The average Bonchev–Trinajstić information content (AvgIpc) is 2.90. The van der Waals surface area contributed by atoms with Crippen molar-refractivity contribution in [3.05, 3.63) is 63.7 Å². The summed E-state index contributed by atoms with van der Waals surface area (Å²) in [6.07, 6.45) is 4.15. The molecule has 25 heavy (non-hydrogen) atoms. The Morgan fingerprint density at radius 2 is 2.00 bits per heavy atom. The summed E-state index contributed by atoms with van der Waals surface area (Å²) in [6, 6.07) is 7.77. The largest absolute Gasteiger partial charge is 0.311 e. The van der Waals surface area contributed by atoms with Gasteiger partial charge < -0.3 is 9.38 Å². The van der Waals surface area contributed by atoms with E-state index < -0.39 is 0 Å². The van der Waals surface area contributed by atoms with Crippen molar-refractivity contribution in [2.24, 2.45) is 0 Å². The van der Waals surface area contributed by atoms with Crippen LogP contribution in [0.1, 0.15) is 41.7 Å². The molecule has 4 rings (SSSR count). The highest BCUT2D eigenvalue weighted by molar-refractivity contribution is 5.42. The molecular weight excluding hydrogens is 314 g/mol. The number of likely N-dealkylation sites (tertiary alicyclic amines) is 1. The molecule has 0 bridgehead atoms. The zero-order valence-electron chi connectivity index (χ0n) is 14.7. The number of hydrogen-bond acceptors (Lipinski definition) is 4. The minimum atomic E-state index is -0.0497. The van der Waals surface area contributed by atoms with Gasteiger partial charge in [-0.25, -0.2) is 9.97 Å². The Morgan fingerprint density at radius 1 is 1.20 bits per heavy atom. The highest BCUT2D eigenvalue weighted by Crippen LogP contribution is 2.27. The number of pyridine rings is 1. The molecule has 3 aromatic rings. The Hall–Kier alpha value is -2.47. The highest BCUT2D eigenvalue weighted by atomic mass is 16.1. The summed E-state index contributed by atoms with van der Waals surface area (Å²) >= 11 is 0. The van der Waals surface area contributed by atoms with Gasteiger partial charge in [0.25, 0.3) is 5.56 Å². The van der Waals surface area contributed by atoms with Crippen molar-refractivity contribution in [2.45, 2.75) is 39.2 Å². The third-order valence-corrected chi connectivity index (χ3v) is 5.09. The van der Waals surface area contributed by atoms with Crippen molar-refractivity contribution in [3.8, 4) is 0 Å². The van der Waals surface area contributed by atoms with Gasteiger partial charge in [-0.3, -0.25) is 9.69 Å². The molecule has 1 fully saturated rings. The van der Waals surface area contributed by atoms with E-state index in [1.807, 2.05) is 25.1 Å². The normalized spacial score (nSPS) is 16.6. The van der Waals surface area contributed by atoms with Crippen LogP contribution in [0.5, 0.6) is 0 Å². The van der Waals surface area contributed by atoms with Crippen LogP contribution in [0, 0.1) is 13.8 Å². The number of rotatable bonds is 3. The lowest BCUT2D eigenvalue weighted by Crippen LogP contribution is -2.33. The van der Waals surface area contributed by atoms with E-state index in [9.17, 15) is 4.79 Å². The van der Waals surface area contributed by atoms with Crippen LogP contribution in [-0.2, 0) is 6.54 Å². The first-order chi connectivity index (χ1) is 12.1. The van der Waals surface area contributed by atoms with Gasteiger partial charge in [-0.1, -0.05) is 6.07 Å². The van der Waals surface area contributed by atoms with Gasteiger partial charge in [0.15, 0.2) is 0 Å². The fourth-order valence-corrected chi connectivity index (χ4v) is 3.77. The molecule has 0 radical (unpaired) electrons. The fraction of sp³-hybridized carbons (Fsp3) is 0.421. The SMILES string of the molecule is Cc1nc(C2CCN(Cc3c(C)nc4ccccn34)CC2)cc(=O)[nH]1. The number of aryl methyl sites for hydroxylation is 2. The van der Waals surface area contributed by atoms with Gasteiger partial charge in [0.05, 0.1) is 17.1 Å². The van der Waals surface area contributed by atoms with Crippen LogP contribution in [0.15, 0.2) is 35.3 Å². The first-order valence-electron chi connectivity index (χ1n) is 8.83. The summed E-state index contributed by atoms with van der Waals surface area (Å²) in [5, 5.41) is 0. The summed E-state index contributed by atoms with van der Waals surface area (Å²) in [5.74, 6) is 1.08. The number of H-pyrrole nitrogens is 1. The quantitative estimate of drug-likeness (QED) is 0.797. The number of aromatic amines is 1. The monoisotopic (exact) mass is 337 g/mol. The van der Waals surface area contributed by atoms with Crippen molar-refractivity contribution in [1.29, 1.82) is 0 Å². The Balaban J connectivity index is 1.47. The molecule has 0 aromatic carbocycles. The third-order valence-electron chi connectivity index (χ3n) is 5.09. The summed E-state index contributed by atoms with van der Waals surface area (Å²) in [7, 11) is 0. The summed E-state index contributed by atoms with van der Waals surface area (Å²) in [6.45, 7) is 6.85. The molecule has 6 nitrogen and oxygen atoms in total. The van der Waals surface area contributed by atoms with E-state index in [1.165, 1.54) is 5.69 Å². The maximum atomic E-state index is 11.7. The maximum absolute atomic E-state index is 11.7. The Bertz CT molecular complexity index is 950. The van der Waals surface area contributed by atoms with E-state index in [1.54, 1.807) is 6.07 Å². The van der Waals surface area contributed by atoms with Gasteiger partial charge >= 0.3 is 0 Å². The number of fused-ring (bicyclic) bond motifs is 1. The maximum Gasteiger partial charge on any atom is 0.251 e. The van der Waals surface area contributed by atoms with E-state index in [4.69, 9.17) is 0 Å². The molecule has 1 aliphatic heterocycles. The lowest BCUT2D eigenvalue weighted by atomic mass is 9.93. The Morgan fingerprint density at radius 3 is 2.76 bits per heavy atom. The molecule has 0 spiro atoms. The molecule has 3 aromatic heterocycles. The molecule has 1 saturated heterocycles. The van der Waals surface area contributed by atoms with Crippen LogP contribution >= 0.6 is 0 Å². The molecule has 1 N–H and O–H groups in total. The third kappa shape index (κ3) is 3.22. The second-order valence-electron chi connectivity index (χ2n) is 6.88. The van der Waals surface area contributed by atoms with Crippen LogP contribution in [-0.4, -0.2) is 37.3 Å². The molecule has 0 amide bonds. The van der Waals surface area contributed by atoms with Crippen molar-refractivity contribution >= 4 is 5.65 Å². The standard InChI is InChI=1S/C19H23N5O/c1-13-17(24-8-4-3-5-18(24)20-13)12-23-9-6-15(7-10-23)16-11-19(25)22-14(2)21-16/h3-5,8,11,15H,6-7,9-10,12H2,1-2H3,(H,21,22,25). The molecule has 1 aliphatic rings. The van der Waals surface area contributed by atoms with E-state index in [0.29, 0.717) is 11.7 Å². The highest BCUT2D eigenvalue weighted by Gasteiger charge is 2.23. The van der Waals surface area contributed by atoms with Gasteiger partial charge in [-0.2, -0.15) is 0 Å². The fourth-order valence-electron chi connectivity index (χ4n) is 3.77. The lowest BCUT2D eigenvalue weighted by Gasteiger charge is -2.31. The van der Waals surface area contributed by atoms with E-state index in [-0.39, 0.29) is 5.56 Å². The van der Waals surface area contributed by atoms with Gasteiger partial charge in [0, 0.05) is 24.7 Å². The minimum absolute atomic E-state index is 0.0497. The first kappa shape index (κ1) is 16.0. The number of piperidine rings is 1. The summed E-state index contributed by atoms with van der Waals surface area (Å²) in [4.78, 5) is 26.0. The number of aromatic nitrogens is 4. The van der Waals surface area contributed by atoms with E-state index in [2.05, 4.69) is 37.4 Å². The Labute approximate surface area is 146 Å². The molecule has 130 valence electrons. The Kier molecular flexibility index (Phi) is 4.13. The van der Waals surface area contributed by atoms with E-state index >= 15 is 0 Å². The second kappa shape index (κ2) is 6.44. The van der Waals surface area contributed by atoms with Crippen LogP contribution < -0.4 is 5.56 Å². The van der Waals surface area contributed by atoms with Gasteiger partial charge in [0.1, 0.15) is 11.5 Å². The number of nitrogens with zero attached hydrogens (tertiary/aromatic N) is 4. The molecule has 0 aliphatic carbocycles. The zero-order valence-corrected chi connectivity index (χ0v) is 14.7. The predicted molar refractivity (Wildman–Crippen MR) is 96.8 cm³/mol. The first-order valence-corrected chi connectivity index (χ1v) is 8.83. The zero-order chi connectivity index (χ0) is 17.4. The topological polar surface area (TPSA) is 66.3 Å². The number of hydrogen-bond donors (Lipinski definition) is 1. The minimum Gasteiger partial charge on any atom is -0.311 e. The van der Waals surface area contributed by atoms with Gasteiger partial charge in [-0.05, 0) is 51.9 Å². The second-order valence-corrected chi connectivity index (χ2v) is 6.88. The van der Waals surface area contributed by atoms with Crippen molar-refractivity contribution in [3.63, 3.8) is 0 Å². The average molecular weight is 337 g/mol. The van der Waals surface area contributed by atoms with Crippen molar-refractivity contribution < 1.29 is 0 Å². The van der Waals surface area contributed by atoms with Crippen LogP contribution in [0.2, 0.25) is 0 Å². The van der Waals surface area contributed by atoms with Crippen LogP contribution in [0.3, 0.4) is 0 Å². The molecule has 4 heterocycles. The van der Waals surface area contributed by atoms with Crippen LogP contribution in [0.4, 0.5) is 0 Å². The lowest BCUT2D eigenvalue weighted by molar-refractivity contribution is 0.200. The molecule has 0 saturated carbocycles. The smallest absolute Gasteiger partial charge is 0.251 e. The molecule has 0 atom stereocenters. The predicted octanol–water partition coefficient (Wildman–Crippen LogP) is 2.41. The summed E-state index contributed by atoms with van der Waals surface area (Å²) < 4.78 is 2.18. The molecular formula is C19H23N5O. The van der Waals surface area contributed by atoms with Crippen molar-refractivity contribution in [1.82, 2.24) is 24.3 Å². The van der Waals surface area contributed by atoms with Crippen molar-refractivity contribution in [2.75, 3.05) is 13.1 Å². The number of imidazole rings is 1. The van der Waals surface area contributed by atoms with E-state index in [0.717, 1.165) is 49.5 Å². The molecule has 0 unspecified atom stereocenters. The van der Waals surface area contributed by atoms with Crippen LogP contribution in [0.25, 0.3) is 5.65 Å². The summed E-state index contributed by atoms with van der Waals surface area (Å²) in [5.41, 5.74) is 4.26. The molecule has 6 heteroatoms. The van der Waals surface area contributed by atoms with Gasteiger partial charge in [0.2, 0.25) is 0 Å².